The molecule has 2 atom stereocenters. The average molecular weight is 356 g/mol. The second kappa shape index (κ2) is 7.29. The summed E-state index contributed by atoms with van der Waals surface area (Å²) in [6.07, 6.45) is 2.98. The minimum atomic E-state index is -0.267. The summed E-state index contributed by atoms with van der Waals surface area (Å²) in [7, 11) is 0. The maximum atomic E-state index is 13.4. The molecule has 2 fully saturated rings. The lowest BCUT2D eigenvalue weighted by atomic mass is 10.1. The van der Waals surface area contributed by atoms with Gasteiger partial charge in [0.15, 0.2) is 5.82 Å². The summed E-state index contributed by atoms with van der Waals surface area (Å²) in [4.78, 5) is 4.67. The van der Waals surface area contributed by atoms with Crippen LogP contribution in [0.15, 0.2) is 30.3 Å². The van der Waals surface area contributed by atoms with E-state index in [0.29, 0.717) is 11.7 Å². The number of aliphatic hydroxyl groups excluding tert-OH is 1. The summed E-state index contributed by atoms with van der Waals surface area (Å²) >= 11 is 0. The average Bonchev–Trinajstić information content (AvgIpc) is 3.08. The van der Waals surface area contributed by atoms with Gasteiger partial charge in [-0.05, 0) is 49.9 Å². The molecule has 1 aliphatic carbocycles. The van der Waals surface area contributed by atoms with E-state index < -0.39 is 0 Å². The smallest absolute Gasteiger partial charge is 0.154 e. The molecule has 138 valence electrons. The van der Waals surface area contributed by atoms with Crippen LogP contribution in [0.1, 0.15) is 24.8 Å². The van der Waals surface area contributed by atoms with E-state index in [2.05, 4.69) is 20.0 Å². The van der Waals surface area contributed by atoms with E-state index >= 15 is 0 Å². The maximum Gasteiger partial charge on any atom is 0.154 e. The van der Waals surface area contributed by atoms with Gasteiger partial charge in [0.1, 0.15) is 5.82 Å². The topological polar surface area (TPSA) is 52.5 Å². The highest BCUT2D eigenvalue weighted by Crippen LogP contribution is 2.27. The number of hydrogen-bond donors (Lipinski definition) is 1. The van der Waals surface area contributed by atoms with Crippen LogP contribution in [0.25, 0.3) is 11.3 Å². The Balaban J connectivity index is 1.45. The molecule has 1 aliphatic heterocycles. The van der Waals surface area contributed by atoms with Crippen molar-refractivity contribution in [2.75, 3.05) is 31.1 Å². The number of benzene rings is 1. The molecule has 6 heteroatoms. The molecule has 2 heterocycles. The van der Waals surface area contributed by atoms with E-state index in [0.717, 1.165) is 62.4 Å². The van der Waals surface area contributed by atoms with E-state index in [9.17, 15) is 9.50 Å². The Kier molecular flexibility index (Phi) is 4.87. The molecular formula is C20H25FN4O. The zero-order chi connectivity index (χ0) is 18.1. The Bertz CT molecular complexity index is 776. The molecule has 1 aromatic heterocycles. The maximum absolute atomic E-state index is 13.4. The van der Waals surface area contributed by atoms with Crippen LogP contribution in [0, 0.1) is 12.7 Å². The highest BCUT2D eigenvalue weighted by molar-refractivity contribution is 5.62. The lowest BCUT2D eigenvalue weighted by Gasteiger charge is -2.39. The molecule has 0 spiro atoms. The van der Waals surface area contributed by atoms with E-state index in [-0.39, 0.29) is 11.9 Å². The van der Waals surface area contributed by atoms with Crippen molar-refractivity contribution < 1.29 is 9.50 Å². The first kappa shape index (κ1) is 17.4. The van der Waals surface area contributed by atoms with Crippen molar-refractivity contribution in [2.24, 2.45) is 0 Å². The first-order valence-electron chi connectivity index (χ1n) is 9.39. The monoisotopic (exact) mass is 356 g/mol. The van der Waals surface area contributed by atoms with Crippen LogP contribution in [0.5, 0.6) is 0 Å². The number of aliphatic hydroxyl groups is 1. The predicted octanol–water partition coefficient (Wildman–Crippen LogP) is 2.63. The van der Waals surface area contributed by atoms with Crippen LogP contribution < -0.4 is 4.90 Å². The van der Waals surface area contributed by atoms with Gasteiger partial charge in [-0.3, -0.25) is 4.90 Å². The SMILES string of the molecule is Cc1cc(-c2cccc(F)c2)nnc1N1CCN([C@@H]2CCC[C@H]2O)CC1. The quantitative estimate of drug-likeness (QED) is 0.916. The van der Waals surface area contributed by atoms with Crippen molar-refractivity contribution in [2.45, 2.75) is 38.3 Å². The fraction of sp³-hybridized carbons (Fsp3) is 0.500. The Labute approximate surface area is 153 Å². The first-order valence-corrected chi connectivity index (χ1v) is 9.39. The number of nitrogens with zero attached hydrogens (tertiary/aromatic N) is 4. The highest BCUT2D eigenvalue weighted by atomic mass is 19.1. The minimum Gasteiger partial charge on any atom is -0.391 e. The molecule has 2 aromatic rings. The van der Waals surface area contributed by atoms with Gasteiger partial charge in [0.2, 0.25) is 0 Å². The Hall–Kier alpha value is -2.05. The lowest BCUT2D eigenvalue weighted by molar-refractivity contribution is 0.0670. The van der Waals surface area contributed by atoms with Crippen molar-refractivity contribution in [1.29, 1.82) is 0 Å². The molecule has 1 saturated heterocycles. The van der Waals surface area contributed by atoms with E-state index in [1.54, 1.807) is 6.07 Å². The first-order chi connectivity index (χ1) is 12.6. The molecule has 5 nitrogen and oxygen atoms in total. The second-order valence-electron chi connectivity index (χ2n) is 7.34. The number of halogens is 1. The van der Waals surface area contributed by atoms with Gasteiger partial charge >= 0.3 is 0 Å². The van der Waals surface area contributed by atoms with Crippen LogP contribution in [0.3, 0.4) is 0 Å². The summed E-state index contributed by atoms with van der Waals surface area (Å²) in [5.41, 5.74) is 2.49. The Morgan fingerprint density at radius 2 is 1.88 bits per heavy atom. The lowest BCUT2D eigenvalue weighted by Crippen LogP contribution is -2.52. The van der Waals surface area contributed by atoms with Crippen LogP contribution in [-0.2, 0) is 0 Å². The molecular weight excluding hydrogens is 331 g/mol. The summed E-state index contributed by atoms with van der Waals surface area (Å²) < 4.78 is 13.4. The van der Waals surface area contributed by atoms with Crippen molar-refractivity contribution in [3.63, 3.8) is 0 Å². The minimum absolute atomic E-state index is 0.173. The fourth-order valence-corrected chi connectivity index (χ4v) is 4.19. The summed E-state index contributed by atoms with van der Waals surface area (Å²) in [6.45, 7) is 5.68. The number of hydrogen-bond acceptors (Lipinski definition) is 5. The van der Waals surface area contributed by atoms with Crippen LogP contribution >= 0.6 is 0 Å². The molecule has 1 aromatic carbocycles. The van der Waals surface area contributed by atoms with Gasteiger partial charge in [0.05, 0.1) is 11.8 Å². The standard InChI is InChI=1S/C20H25FN4O/c1-14-12-17(15-4-2-5-16(21)13-15)22-23-20(14)25-10-8-24(9-11-25)18-6-3-7-19(18)26/h2,4-5,12-13,18-19,26H,3,6-11H2,1H3/t18-,19-/m1/s1. The third-order valence-electron chi connectivity index (χ3n) is 5.61. The largest absolute Gasteiger partial charge is 0.391 e. The molecule has 0 amide bonds. The van der Waals surface area contributed by atoms with Gasteiger partial charge in [-0.25, -0.2) is 4.39 Å². The molecule has 0 radical (unpaired) electrons. The molecule has 4 rings (SSSR count). The normalized spacial score (nSPS) is 24.2. The van der Waals surface area contributed by atoms with Crippen molar-refractivity contribution in [3.05, 3.63) is 41.7 Å². The Morgan fingerprint density at radius 1 is 1.08 bits per heavy atom. The number of piperazine rings is 1. The number of rotatable bonds is 3. The van der Waals surface area contributed by atoms with Gasteiger partial charge in [0.25, 0.3) is 0 Å². The predicted molar refractivity (Wildman–Crippen MR) is 99.6 cm³/mol. The molecule has 1 saturated carbocycles. The highest BCUT2D eigenvalue weighted by Gasteiger charge is 2.32. The zero-order valence-corrected chi connectivity index (χ0v) is 15.1. The van der Waals surface area contributed by atoms with Crippen molar-refractivity contribution in [3.8, 4) is 11.3 Å². The van der Waals surface area contributed by atoms with E-state index in [1.165, 1.54) is 12.1 Å². The second-order valence-corrected chi connectivity index (χ2v) is 7.34. The van der Waals surface area contributed by atoms with Crippen LogP contribution in [-0.4, -0.2) is 58.5 Å². The third-order valence-corrected chi connectivity index (χ3v) is 5.61. The summed E-state index contributed by atoms with van der Waals surface area (Å²) in [6, 6.07) is 8.74. The molecule has 1 N–H and O–H groups in total. The van der Waals surface area contributed by atoms with Gasteiger partial charge in [-0.15, -0.1) is 10.2 Å². The Morgan fingerprint density at radius 3 is 2.54 bits per heavy atom. The number of aromatic nitrogens is 2. The van der Waals surface area contributed by atoms with Crippen molar-refractivity contribution in [1.82, 2.24) is 15.1 Å². The van der Waals surface area contributed by atoms with E-state index in [1.807, 2.05) is 19.1 Å². The van der Waals surface area contributed by atoms with Gasteiger partial charge in [0, 0.05) is 37.8 Å². The summed E-state index contributed by atoms with van der Waals surface area (Å²) in [5, 5.41) is 18.9. The van der Waals surface area contributed by atoms with Gasteiger partial charge < -0.3 is 10.0 Å². The van der Waals surface area contributed by atoms with E-state index in [4.69, 9.17) is 0 Å². The number of anilines is 1. The van der Waals surface area contributed by atoms with Gasteiger partial charge in [-0.1, -0.05) is 12.1 Å². The molecule has 0 unspecified atom stereocenters. The summed E-state index contributed by atoms with van der Waals surface area (Å²) in [5.74, 6) is 0.632. The fourth-order valence-electron chi connectivity index (χ4n) is 4.19. The molecule has 2 aliphatic rings. The third kappa shape index (κ3) is 3.44. The van der Waals surface area contributed by atoms with Crippen LogP contribution in [0.2, 0.25) is 0 Å². The van der Waals surface area contributed by atoms with Crippen molar-refractivity contribution >= 4 is 5.82 Å². The molecule has 0 bridgehead atoms. The molecule has 26 heavy (non-hydrogen) atoms. The van der Waals surface area contributed by atoms with Crippen LogP contribution in [0.4, 0.5) is 10.2 Å². The zero-order valence-electron chi connectivity index (χ0n) is 15.1. The number of aryl methyl sites for hydroxylation is 1. The van der Waals surface area contributed by atoms with Gasteiger partial charge in [-0.2, -0.15) is 0 Å².